The molecule has 0 aliphatic rings. The monoisotopic (exact) mass is 261 g/mol. The summed E-state index contributed by atoms with van der Waals surface area (Å²) in [4.78, 5) is 0.136. The van der Waals surface area contributed by atoms with Crippen LogP contribution < -0.4 is 5.14 Å². The Hall–Kier alpha value is -1.65. The van der Waals surface area contributed by atoms with Crippen molar-refractivity contribution in [3.63, 3.8) is 0 Å². The van der Waals surface area contributed by atoms with E-state index in [1.807, 2.05) is 12.1 Å². The quantitative estimate of drug-likeness (QED) is 0.923. The lowest BCUT2D eigenvalue weighted by Gasteiger charge is -2.04. The Kier molecular flexibility index (Phi) is 3.50. The maximum absolute atomic E-state index is 11.1. The molecular formula is C14H15NO2S. The van der Waals surface area contributed by atoms with Gasteiger partial charge in [0.1, 0.15) is 0 Å². The molecule has 0 radical (unpaired) electrons. The Bertz CT molecular complexity index is 628. The molecule has 0 aromatic heterocycles. The van der Waals surface area contributed by atoms with Gasteiger partial charge in [-0.1, -0.05) is 43.3 Å². The minimum absolute atomic E-state index is 0.136. The van der Waals surface area contributed by atoms with E-state index in [-0.39, 0.29) is 4.90 Å². The van der Waals surface area contributed by atoms with Crippen LogP contribution in [0, 0.1) is 0 Å². The number of hydrogen-bond acceptors (Lipinski definition) is 2. The molecule has 2 rings (SSSR count). The highest BCUT2D eigenvalue weighted by molar-refractivity contribution is 7.89. The molecule has 0 heterocycles. The minimum atomic E-state index is -3.61. The van der Waals surface area contributed by atoms with Gasteiger partial charge in [-0.15, -0.1) is 0 Å². The Morgan fingerprint density at radius 3 is 1.72 bits per heavy atom. The fraction of sp³-hybridized carbons (Fsp3) is 0.143. The van der Waals surface area contributed by atoms with E-state index < -0.39 is 10.0 Å². The van der Waals surface area contributed by atoms with Crippen molar-refractivity contribution in [1.82, 2.24) is 0 Å². The fourth-order valence-corrected chi connectivity index (χ4v) is 2.29. The number of nitrogens with two attached hydrogens (primary N) is 1. The normalized spacial score (nSPS) is 11.4. The molecule has 2 aromatic carbocycles. The third kappa shape index (κ3) is 2.78. The van der Waals surface area contributed by atoms with Crippen LogP contribution in [0.5, 0.6) is 0 Å². The molecule has 0 saturated carbocycles. The minimum Gasteiger partial charge on any atom is -0.225 e. The average Bonchev–Trinajstić information content (AvgIpc) is 2.38. The standard InChI is InChI=1S/C14H15NO2S/c1-2-11-3-5-12(6-4-11)13-7-9-14(10-8-13)18(15,16)17/h3-10H,2H2,1H3,(H2,15,16,17). The third-order valence-electron chi connectivity index (χ3n) is 2.88. The first-order valence-electron chi connectivity index (χ1n) is 5.73. The molecule has 0 aliphatic carbocycles. The fourth-order valence-electron chi connectivity index (χ4n) is 1.77. The summed E-state index contributed by atoms with van der Waals surface area (Å²) in [6, 6.07) is 14.8. The predicted molar refractivity (Wildman–Crippen MR) is 72.6 cm³/mol. The van der Waals surface area contributed by atoms with E-state index in [0.717, 1.165) is 17.5 Å². The highest BCUT2D eigenvalue weighted by Crippen LogP contribution is 2.21. The van der Waals surface area contributed by atoms with E-state index in [9.17, 15) is 8.42 Å². The lowest BCUT2D eigenvalue weighted by Crippen LogP contribution is -2.11. The van der Waals surface area contributed by atoms with Crippen molar-refractivity contribution < 1.29 is 8.42 Å². The van der Waals surface area contributed by atoms with Crippen LogP contribution in [0.2, 0.25) is 0 Å². The van der Waals surface area contributed by atoms with Gasteiger partial charge < -0.3 is 0 Å². The molecule has 18 heavy (non-hydrogen) atoms. The molecule has 2 N–H and O–H groups in total. The third-order valence-corrected chi connectivity index (χ3v) is 3.81. The topological polar surface area (TPSA) is 60.2 Å². The van der Waals surface area contributed by atoms with Gasteiger partial charge in [-0.2, -0.15) is 0 Å². The first kappa shape index (κ1) is 12.8. The van der Waals surface area contributed by atoms with Gasteiger partial charge in [-0.25, -0.2) is 13.6 Å². The molecule has 0 bridgehead atoms. The summed E-state index contributed by atoms with van der Waals surface area (Å²) < 4.78 is 22.3. The van der Waals surface area contributed by atoms with Crippen LogP contribution in [0.25, 0.3) is 11.1 Å². The van der Waals surface area contributed by atoms with Gasteiger partial charge in [0, 0.05) is 0 Å². The van der Waals surface area contributed by atoms with Gasteiger partial charge in [0.2, 0.25) is 10.0 Å². The Balaban J connectivity index is 2.34. The summed E-state index contributed by atoms with van der Waals surface area (Å²) >= 11 is 0. The highest BCUT2D eigenvalue weighted by Gasteiger charge is 2.07. The lowest BCUT2D eigenvalue weighted by atomic mass is 10.0. The van der Waals surface area contributed by atoms with Crippen LogP contribution in [-0.4, -0.2) is 8.42 Å². The van der Waals surface area contributed by atoms with Crippen LogP contribution in [0.4, 0.5) is 0 Å². The van der Waals surface area contributed by atoms with Crippen molar-refractivity contribution >= 4 is 10.0 Å². The van der Waals surface area contributed by atoms with Crippen molar-refractivity contribution in [2.24, 2.45) is 5.14 Å². The van der Waals surface area contributed by atoms with Crippen LogP contribution in [-0.2, 0) is 16.4 Å². The molecule has 0 aliphatic heterocycles. The van der Waals surface area contributed by atoms with Crippen molar-refractivity contribution in [2.75, 3.05) is 0 Å². The summed E-state index contributed by atoms with van der Waals surface area (Å²) in [6.07, 6.45) is 1.00. The zero-order chi connectivity index (χ0) is 13.2. The second kappa shape index (κ2) is 4.92. The van der Waals surface area contributed by atoms with E-state index in [4.69, 9.17) is 5.14 Å². The van der Waals surface area contributed by atoms with Crippen molar-refractivity contribution in [3.8, 4) is 11.1 Å². The Morgan fingerprint density at radius 2 is 1.33 bits per heavy atom. The number of rotatable bonds is 3. The number of sulfonamides is 1. The zero-order valence-electron chi connectivity index (χ0n) is 10.1. The number of primary sulfonamides is 1. The van der Waals surface area contributed by atoms with Crippen molar-refractivity contribution in [2.45, 2.75) is 18.2 Å². The van der Waals surface area contributed by atoms with Crippen molar-refractivity contribution in [1.29, 1.82) is 0 Å². The predicted octanol–water partition coefficient (Wildman–Crippen LogP) is 2.56. The molecule has 0 fully saturated rings. The van der Waals surface area contributed by atoms with E-state index in [0.29, 0.717) is 0 Å². The molecule has 94 valence electrons. The van der Waals surface area contributed by atoms with Gasteiger partial charge >= 0.3 is 0 Å². The molecule has 4 heteroatoms. The van der Waals surface area contributed by atoms with E-state index >= 15 is 0 Å². The summed E-state index contributed by atoms with van der Waals surface area (Å²) in [5.41, 5.74) is 3.32. The Labute approximate surface area is 107 Å². The van der Waals surface area contributed by atoms with Crippen molar-refractivity contribution in [3.05, 3.63) is 54.1 Å². The van der Waals surface area contributed by atoms with Gasteiger partial charge in [-0.3, -0.25) is 0 Å². The van der Waals surface area contributed by atoms with Crippen LogP contribution >= 0.6 is 0 Å². The van der Waals surface area contributed by atoms with Gasteiger partial charge in [0.05, 0.1) is 4.90 Å². The largest absolute Gasteiger partial charge is 0.238 e. The van der Waals surface area contributed by atoms with Crippen LogP contribution in [0.15, 0.2) is 53.4 Å². The van der Waals surface area contributed by atoms with Crippen LogP contribution in [0.3, 0.4) is 0 Å². The Morgan fingerprint density at radius 1 is 0.889 bits per heavy atom. The van der Waals surface area contributed by atoms with E-state index in [1.165, 1.54) is 17.7 Å². The summed E-state index contributed by atoms with van der Waals surface area (Å²) in [6.45, 7) is 2.11. The summed E-state index contributed by atoms with van der Waals surface area (Å²) in [7, 11) is -3.61. The second-order valence-corrected chi connectivity index (χ2v) is 5.68. The first-order valence-corrected chi connectivity index (χ1v) is 7.27. The molecule has 0 spiro atoms. The summed E-state index contributed by atoms with van der Waals surface area (Å²) in [5, 5.41) is 5.06. The maximum atomic E-state index is 11.1. The average molecular weight is 261 g/mol. The molecule has 0 atom stereocenters. The number of hydrogen-bond donors (Lipinski definition) is 1. The van der Waals surface area contributed by atoms with Crippen LogP contribution in [0.1, 0.15) is 12.5 Å². The highest BCUT2D eigenvalue weighted by atomic mass is 32.2. The lowest BCUT2D eigenvalue weighted by molar-refractivity contribution is 0.598. The molecule has 0 saturated heterocycles. The molecular weight excluding hydrogens is 246 g/mol. The van der Waals surface area contributed by atoms with Gasteiger partial charge in [0.25, 0.3) is 0 Å². The SMILES string of the molecule is CCc1ccc(-c2ccc(S(N)(=O)=O)cc2)cc1. The smallest absolute Gasteiger partial charge is 0.225 e. The van der Waals surface area contributed by atoms with E-state index in [2.05, 4.69) is 19.1 Å². The maximum Gasteiger partial charge on any atom is 0.238 e. The molecule has 0 amide bonds. The zero-order valence-corrected chi connectivity index (χ0v) is 10.9. The second-order valence-electron chi connectivity index (χ2n) is 4.12. The van der Waals surface area contributed by atoms with Gasteiger partial charge in [0.15, 0.2) is 0 Å². The van der Waals surface area contributed by atoms with Gasteiger partial charge in [-0.05, 0) is 35.2 Å². The summed E-state index contributed by atoms with van der Waals surface area (Å²) in [5.74, 6) is 0. The van der Waals surface area contributed by atoms with E-state index in [1.54, 1.807) is 12.1 Å². The number of aryl methyl sites for hydroxylation is 1. The first-order chi connectivity index (χ1) is 8.50. The number of benzene rings is 2. The molecule has 3 nitrogen and oxygen atoms in total. The molecule has 0 unspecified atom stereocenters. The molecule has 2 aromatic rings.